The van der Waals surface area contributed by atoms with E-state index in [1.54, 1.807) is 19.2 Å². The van der Waals surface area contributed by atoms with E-state index in [2.05, 4.69) is 4.98 Å². The molecule has 4 nitrogen and oxygen atoms in total. The summed E-state index contributed by atoms with van der Waals surface area (Å²) >= 11 is 0. The highest BCUT2D eigenvalue weighted by Gasteiger charge is 2.23. The molecule has 1 rings (SSSR count). The predicted octanol–water partition coefficient (Wildman–Crippen LogP) is 2.40. The van der Waals surface area contributed by atoms with Crippen LogP contribution in [0, 0.1) is 11.3 Å². The van der Waals surface area contributed by atoms with Crippen LogP contribution in [0.4, 0.5) is 0 Å². The maximum atomic E-state index is 11.8. The summed E-state index contributed by atoms with van der Waals surface area (Å²) in [6, 6.07) is 3.65. The molecule has 0 aliphatic heterocycles. The molecule has 1 aromatic rings. The number of nitriles is 1. The number of carbonyl (C=O) groups excluding carboxylic acids is 1. The first-order valence-electron chi connectivity index (χ1n) is 5.41. The van der Waals surface area contributed by atoms with Crippen molar-refractivity contribution in [2.24, 2.45) is 0 Å². The molecule has 0 aliphatic carbocycles. The van der Waals surface area contributed by atoms with Gasteiger partial charge in [-0.2, -0.15) is 5.26 Å². The van der Waals surface area contributed by atoms with E-state index in [4.69, 9.17) is 10.00 Å². The number of esters is 1. The lowest BCUT2D eigenvalue weighted by Gasteiger charge is -2.22. The standard InChI is InChI=1S/C13H16N2O2/c1-9(12(16)17-13(2,3)4)11-5-10(6-14)7-15-8-11/h5,7-9H,1-4H3. The summed E-state index contributed by atoms with van der Waals surface area (Å²) in [6.07, 6.45) is 3.04. The lowest BCUT2D eigenvalue weighted by molar-refractivity contribution is -0.156. The number of hydrogen-bond donors (Lipinski definition) is 0. The molecule has 0 N–H and O–H groups in total. The number of ether oxygens (including phenoxy) is 1. The SMILES string of the molecule is CC(C(=O)OC(C)(C)C)c1cncc(C#N)c1. The molecule has 0 amide bonds. The van der Waals surface area contributed by atoms with E-state index in [0.717, 1.165) is 0 Å². The Bertz CT molecular complexity index is 455. The third-order valence-corrected chi connectivity index (χ3v) is 2.15. The maximum Gasteiger partial charge on any atom is 0.313 e. The van der Waals surface area contributed by atoms with Gasteiger partial charge in [0, 0.05) is 12.4 Å². The van der Waals surface area contributed by atoms with Crippen molar-refractivity contribution < 1.29 is 9.53 Å². The third-order valence-electron chi connectivity index (χ3n) is 2.15. The monoisotopic (exact) mass is 232 g/mol. The first kappa shape index (κ1) is 13.2. The minimum absolute atomic E-state index is 0.311. The fraction of sp³-hybridized carbons (Fsp3) is 0.462. The van der Waals surface area contributed by atoms with Gasteiger partial charge in [-0.05, 0) is 39.3 Å². The molecule has 0 fully saturated rings. The van der Waals surface area contributed by atoms with E-state index in [9.17, 15) is 4.79 Å². The molecular weight excluding hydrogens is 216 g/mol. The van der Waals surface area contributed by atoms with Gasteiger partial charge >= 0.3 is 5.97 Å². The van der Waals surface area contributed by atoms with E-state index < -0.39 is 11.5 Å². The third kappa shape index (κ3) is 3.87. The first-order valence-corrected chi connectivity index (χ1v) is 5.41. The molecular formula is C13H16N2O2. The van der Waals surface area contributed by atoms with Crippen molar-refractivity contribution in [3.8, 4) is 6.07 Å². The van der Waals surface area contributed by atoms with Crippen molar-refractivity contribution in [3.63, 3.8) is 0 Å². The smallest absolute Gasteiger partial charge is 0.313 e. The van der Waals surface area contributed by atoms with Crippen molar-refractivity contribution >= 4 is 5.97 Å². The maximum absolute atomic E-state index is 11.8. The van der Waals surface area contributed by atoms with Crippen LogP contribution in [0.25, 0.3) is 0 Å². The van der Waals surface area contributed by atoms with Gasteiger partial charge in [0.05, 0.1) is 11.5 Å². The van der Waals surface area contributed by atoms with Crippen LogP contribution in [0.2, 0.25) is 0 Å². The molecule has 1 aromatic heterocycles. The quantitative estimate of drug-likeness (QED) is 0.734. The summed E-state index contributed by atoms with van der Waals surface area (Å²) in [5, 5.41) is 8.76. The zero-order valence-electron chi connectivity index (χ0n) is 10.5. The van der Waals surface area contributed by atoms with Gasteiger partial charge in [0.15, 0.2) is 0 Å². The second-order valence-electron chi connectivity index (χ2n) is 4.87. The zero-order chi connectivity index (χ0) is 13.1. The first-order chi connectivity index (χ1) is 7.83. The molecule has 0 bridgehead atoms. The number of rotatable bonds is 2. The Morgan fingerprint density at radius 3 is 2.65 bits per heavy atom. The summed E-state index contributed by atoms with van der Waals surface area (Å²) in [6.45, 7) is 7.21. The van der Waals surface area contributed by atoms with Crippen molar-refractivity contribution in [1.29, 1.82) is 5.26 Å². The average Bonchev–Trinajstić information content (AvgIpc) is 2.26. The predicted molar refractivity (Wildman–Crippen MR) is 63.2 cm³/mol. The van der Waals surface area contributed by atoms with Crippen molar-refractivity contribution in [2.75, 3.05) is 0 Å². The van der Waals surface area contributed by atoms with E-state index in [-0.39, 0.29) is 5.97 Å². The van der Waals surface area contributed by atoms with Gasteiger partial charge < -0.3 is 4.74 Å². The lowest BCUT2D eigenvalue weighted by Crippen LogP contribution is -2.26. The largest absolute Gasteiger partial charge is 0.460 e. The van der Waals surface area contributed by atoms with Gasteiger partial charge in [0.2, 0.25) is 0 Å². The normalized spacial score (nSPS) is 12.6. The lowest BCUT2D eigenvalue weighted by atomic mass is 10.0. The number of carbonyl (C=O) groups is 1. The molecule has 0 spiro atoms. The van der Waals surface area contributed by atoms with Crippen LogP contribution >= 0.6 is 0 Å². The summed E-state index contributed by atoms with van der Waals surface area (Å²) in [4.78, 5) is 15.8. The second-order valence-corrected chi connectivity index (χ2v) is 4.87. The van der Waals surface area contributed by atoms with Gasteiger partial charge in [0.25, 0.3) is 0 Å². The summed E-state index contributed by atoms with van der Waals surface area (Å²) in [5.41, 5.74) is 0.627. The van der Waals surface area contributed by atoms with Crippen molar-refractivity contribution in [1.82, 2.24) is 4.98 Å². The second kappa shape index (κ2) is 4.96. The van der Waals surface area contributed by atoms with Crippen LogP contribution in [0.5, 0.6) is 0 Å². The Kier molecular flexibility index (Phi) is 3.84. The van der Waals surface area contributed by atoms with Crippen LogP contribution in [-0.4, -0.2) is 16.6 Å². The Balaban J connectivity index is 2.86. The van der Waals surface area contributed by atoms with Crippen LogP contribution in [0.3, 0.4) is 0 Å². The van der Waals surface area contributed by atoms with Crippen molar-refractivity contribution in [2.45, 2.75) is 39.2 Å². The highest BCUT2D eigenvalue weighted by atomic mass is 16.6. The topological polar surface area (TPSA) is 63.0 Å². The number of hydrogen-bond acceptors (Lipinski definition) is 4. The number of nitrogens with zero attached hydrogens (tertiary/aromatic N) is 2. The van der Waals surface area contributed by atoms with E-state index in [1.165, 1.54) is 6.20 Å². The molecule has 1 unspecified atom stereocenters. The van der Waals surface area contributed by atoms with Crippen LogP contribution in [0.15, 0.2) is 18.5 Å². The summed E-state index contributed by atoms with van der Waals surface area (Å²) < 4.78 is 5.28. The molecule has 17 heavy (non-hydrogen) atoms. The molecule has 0 aromatic carbocycles. The van der Waals surface area contributed by atoms with E-state index in [0.29, 0.717) is 11.1 Å². The van der Waals surface area contributed by atoms with Gasteiger partial charge in [-0.25, -0.2) is 0 Å². The summed E-state index contributed by atoms with van der Waals surface area (Å²) in [5.74, 6) is -0.732. The molecule has 0 saturated carbocycles. The zero-order valence-corrected chi connectivity index (χ0v) is 10.5. The van der Waals surface area contributed by atoms with Crippen LogP contribution < -0.4 is 0 Å². The van der Waals surface area contributed by atoms with Gasteiger partial charge in [-0.15, -0.1) is 0 Å². The molecule has 1 heterocycles. The van der Waals surface area contributed by atoms with Crippen LogP contribution in [-0.2, 0) is 9.53 Å². The molecule has 4 heteroatoms. The van der Waals surface area contributed by atoms with Gasteiger partial charge in [-0.3, -0.25) is 9.78 Å². The molecule has 0 radical (unpaired) electrons. The minimum Gasteiger partial charge on any atom is -0.460 e. The highest BCUT2D eigenvalue weighted by Crippen LogP contribution is 2.20. The Labute approximate surface area is 101 Å². The highest BCUT2D eigenvalue weighted by molar-refractivity contribution is 5.78. The Morgan fingerprint density at radius 1 is 1.47 bits per heavy atom. The summed E-state index contributed by atoms with van der Waals surface area (Å²) in [7, 11) is 0. The Hall–Kier alpha value is -1.89. The molecule has 1 atom stereocenters. The number of aromatic nitrogens is 1. The van der Waals surface area contributed by atoms with Gasteiger partial charge in [-0.1, -0.05) is 0 Å². The molecule has 0 saturated heterocycles. The fourth-order valence-electron chi connectivity index (χ4n) is 1.28. The van der Waals surface area contributed by atoms with E-state index >= 15 is 0 Å². The van der Waals surface area contributed by atoms with E-state index in [1.807, 2.05) is 26.8 Å². The molecule has 0 aliphatic rings. The molecule has 90 valence electrons. The minimum atomic E-state index is -0.508. The van der Waals surface area contributed by atoms with Crippen LogP contribution in [0.1, 0.15) is 44.7 Å². The van der Waals surface area contributed by atoms with Gasteiger partial charge in [0.1, 0.15) is 11.7 Å². The number of pyridine rings is 1. The van der Waals surface area contributed by atoms with Crippen molar-refractivity contribution in [3.05, 3.63) is 29.6 Å². The Morgan fingerprint density at radius 2 is 2.12 bits per heavy atom. The fourth-order valence-corrected chi connectivity index (χ4v) is 1.28. The average molecular weight is 232 g/mol.